The Bertz CT molecular complexity index is 1190. The van der Waals surface area contributed by atoms with Crippen molar-refractivity contribution in [3.05, 3.63) is 65.2 Å². The number of carbonyl (C=O) groups is 1. The van der Waals surface area contributed by atoms with Crippen molar-refractivity contribution in [2.75, 3.05) is 31.6 Å². The molecule has 5 N–H and O–H groups in total. The van der Waals surface area contributed by atoms with Crippen molar-refractivity contribution in [2.24, 2.45) is 16.6 Å². The molecule has 0 fully saturated rings. The quantitative estimate of drug-likeness (QED) is 0.217. The molecule has 194 valence electrons. The molecule has 0 saturated carbocycles. The molecule has 0 aliphatic heterocycles. The van der Waals surface area contributed by atoms with Crippen LogP contribution in [0.15, 0.2) is 54.6 Å². The Morgan fingerprint density at radius 1 is 1.03 bits per heavy atom. The number of rotatable bonds is 12. The molecule has 0 unspecified atom stereocenters. The first kappa shape index (κ1) is 27.8. The summed E-state index contributed by atoms with van der Waals surface area (Å²) < 4.78 is 5.97. The van der Waals surface area contributed by atoms with Crippen molar-refractivity contribution in [1.29, 1.82) is 0 Å². The standard InChI is InChI=1S/C29H38ClN3O3/c1-28(2,18-31)17-29(3,4)19-32-12-7-13-36-26-16-22(30)10-11-24(26)33-27(35)23-14-20-8-5-6-9-21(20)15-25(23)34/h5-6,8-11,14-16,32,34H,7,12-13,17-19,31H2,1-4H3,(H,33,35). The average molecular weight is 512 g/mol. The van der Waals surface area contributed by atoms with E-state index in [0.717, 1.165) is 36.7 Å². The van der Waals surface area contributed by atoms with Crippen molar-refractivity contribution < 1.29 is 14.6 Å². The number of carbonyl (C=O) groups excluding carboxylic acids is 1. The summed E-state index contributed by atoms with van der Waals surface area (Å²) in [7, 11) is 0. The van der Waals surface area contributed by atoms with Crippen LogP contribution in [0.25, 0.3) is 10.8 Å². The van der Waals surface area contributed by atoms with Crippen LogP contribution in [0.1, 0.15) is 50.9 Å². The summed E-state index contributed by atoms with van der Waals surface area (Å²) in [6.45, 7) is 11.7. The van der Waals surface area contributed by atoms with Gasteiger partial charge in [-0.2, -0.15) is 0 Å². The number of hydrogen-bond acceptors (Lipinski definition) is 5. The number of fused-ring (bicyclic) bond motifs is 1. The molecule has 7 heteroatoms. The number of anilines is 1. The normalized spacial score (nSPS) is 12.1. The average Bonchev–Trinajstić information content (AvgIpc) is 2.81. The number of ether oxygens (including phenoxy) is 1. The van der Waals surface area contributed by atoms with Crippen molar-refractivity contribution in [1.82, 2.24) is 5.32 Å². The highest BCUT2D eigenvalue weighted by Crippen LogP contribution is 2.33. The maximum atomic E-state index is 13.0. The van der Waals surface area contributed by atoms with Crippen LogP contribution in [-0.2, 0) is 0 Å². The second-order valence-electron chi connectivity index (χ2n) is 10.9. The van der Waals surface area contributed by atoms with Crippen LogP contribution in [0.5, 0.6) is 11.5 Å². The Morgan fingerprint density at radius 3 is 2.42 bits per heavy atom. The van der Waals surface area contributed by atoms with Crippen LogP contribution >= 0.6 is 11.6 Å². The molecular weight excluding hydrogens is 474 g/mol. The lowest BCUT2D eigenvalue weighted by Gasteiger charge is -2.34. The molecule has 0 bridgehead atoms. The number of halogens is 1. The van der Waals surface area contributed by atoms with Gasteiger partial charge in [0.25, 0.3) is 5.91 Å². The van der Waals surface area contributed by atoms with Crippen molar-refractivity contribution in [3.8, 4) is 11.5 Å². The van der Waals surface area contributed by atoms with Crippen LogP contribution in [0.2, 0.25) is 5.02 Å². The highest BCUT2D eigenvalue weighted by molar-refractivity contribution is 6.30. The molecule has 1 amide bonds. The maximum Gasteiger partial charge on any atom is 0.259 e. The van der Waals surface area contributed by atoms with E-state index in [9.17, 15) is 9.90 Å². The van der Waals surface area contributed by atoms with E-state index in [2.05, 4.69) is 38.3 Å². The number of nitrogens with one attached hydrogen (secondary N) is 2. The number of hydrogen-bond donors (Lipinski definition) is 4. The molecular formula is C29H38ClN3O3. The Hall–Kier alpha value is -2.80. The van der Waals surface area contributed by atoms with Gasteiger partial charge in [0.15, 0.2) is 0 Å². The van der Waals surface area contributed by atoms with Crippen molar-refractivity contribution >= 4 is 34.0 Å². The molecule has 0 aromatic heterocycles. The first-order chi connectivity index (χ1) is 17.0. The van der Waals surface area contributed by atoms with E-state index in [4.69, 9.17) is 22.1 Å². The third kappa shape index (κ3) is 7.85. The summed E-state index contributed by atoms with van der Waals surface area (Å²) in [6.07, 6.45) is 1.83. The summed E-state index contributed by atoms with van der Waals surface area (Å²) in [5.74, 6) is -0.0117. The molecule has 3 aromatic carbocycles. The molecule has 3 rings (SSSR count). The largest absolute Gasteiger partial charge is 0.507 e. The minimum absolute atomic E-state index is 0.0773. The highest BCUT2D eigenvalue weighted by atomic mass is 35.5. The summed E-state index contributed by atoms with van der Waals surface area (Å²) >= 11 is 6.18. The Morgan fingerprint density at radius 2 is 1.72 bits per heavy atom. The van der Waals surface area contributed by atoms with E-state index < -0.39 is 5.91 Å². The van der Waals surface area contributed by atoms with E-state index in [1.165, 1.54) is 0 Å². The SMILES string of the molecule is CC(C)(CN)CC(C)(C)CNCCCOc1cc(Cl)ccc1NC(=O)c1cc2ccccc2cc1O. The lowest BCUT2D eigenvalue weighted by atomic mass is 9.75. The highest BCUT2D eigenvalue weighted by Gasteiger charge is 2.27. The lowest BCUT2D eigenvalue weighted by molar-refractivity contribution is 0.102. The van der Waals surface area contributed by atoms with Gasteiger partial charge in [-0.25, -0.2) is 0 Å². The molecule has 6 nitrogen and oxygen atoms in total. The summed E-state index contributed by atoms with van der Waals surface area (Å²) in [4.78, 5) is 13.0. The van der Waals surface area contributed by atoms with E-state index in [0.29, 0.717) is 29.6 Å². The topological polar surface area (TPSA) is 96.6 Å². The molecule has 0 spiro atoms. The monoisotopic (exact) mass is 511 g/mol. The first-order valence-corrected chi connectivity index (χ1v) is 12.7. The van der Waals surface area contributed by atoms with Crippen molar-refractivity contribution in [3.63, 3.8) is 0 Å². The number of aromatic hydroxyl groups is 1. The number of phenolic OH excluding ortho intramolecular Hbond substituents is 1. The van der Waals surface area contributed by atoms with Gasteiger partial charge in [-0.05, 0) is 71.8 Å². The first-order valence-electron chi connectivity index (χ1n) is 12.4. The molecule has 0 saturated heterocycles. The van der Waals surface area contributed by atoms with Gasteiger partial charge in [-0.1, -0.05) is 63.6 Å². The second-order valence-corrected chi connectivity index (χ2v) is 11.3. The number of phenols is 1. The Kier molecular flexibility index (Phi) is 9.23. The Labute approximate surface area is 219 Å². The third-order valence-electron chi connectivity index (χ3n) is 6.17. The zero-order chi connectivity index (χ0) is 26.3. The Balaban J connectivity index is 1.56. The number of nitrogens with two attached hydrogens (primary N) is 1. The summed E-state index contributed by atoms with van der Waals surface area (Å²) in [6, 6.07) is 15.9. The fraction of sp³-hybridized carbons (Fsp3) is 0.414. The van der Waals surface area contributed by atoms with Gasteiger partial charge in [0.05, 0.1) is 17.9 Å². The van der Waals surface area contributed by atoms with Crippen LogP contribution < -0.4 is 21.1 Å². The molecule has 0 radical (unpaired) electrons. The number of amides is 1. The summed E-state index contributed by atoms with van der Waals surface area (Å²) in [5, 5.41) is 19.0. The minimum Gasteiger partial charge on any atom is -0.507 e. The predicted molar refractivity (Wildman–Crippen MR) is 149 cm³/mol. The van der Waals surface area contributed by atoms with Gasteiger partial charge in [-0.3, -0.25) is 4.79 Å². The van der Waals surface area contributed by atoms with Gasteiger partial charge in [0.1, 0.15) is 11.5 Å². The minimum atomic E-state index is -0.422. The number of benzene rings is 3. The van der Waals surface area contributed by atoms with E-state index in [1.807, 2.05) is 24.3 Å². The summed E-state index contributed by atoms with van der Waals surface area (Å²) in [5.41, 5.74) is 6.84. The van der Waals surface area contributed by atoms with Gasteiger partial charge < -0.3 is 26.2 Å². The van der Waals surface area contributed by atoms with Crippen LogP contribution in [0, 0.1) is 10.8 Å². The van der Waals surface area contributed by atoms with Crippen LogP contribution in [0.4, 0.5) is 5.69 Å². The molecule has 0 aliphatic rings. The van der Waals surface area contributed by atoms with Gasteiger partial charge in [0, 0.05) is 17.6 Å². The van der Waals surface area contributed by atoms with E-state index in [1.54, 1.807) is 30.3 Å². The molecule has 36 heavy (non-hydrogen) atoms. The fourth-order valence-electron chi connectivity index (χ4n) is 4.55. The fourth-order valence-corrected chi connectivity index (χ4v) is 4.72. The smallest absolute Gasteiger partial charge is 0.259 e. The predicted octanol–water partition coefficient (Wildman–Crippen LogP) is 6.21. The maximum absolute atomic E-state index is 13.0. The lowest BCUT2D eigenvalue weighted by Crippen LogP contribution is -2.37. The molecule has 0 atom stereocenters. The molecule has 0 aliphatic carbocycles. The van der Waals surface area contributed by atoms with E-state index in [-0.39, 0.29) is 22.1 Å². The van der Waals surface area contributed by atoms with Crippen molar-refractivity contribution in [2.45, 2.75) is 40.5 Å². The molecule has 0 heterocycles. The van der Waals surface area contributed by atoms with Crippen LogP contribution in [0.3, 0.4) is 0 Å². The van der Waals surface area contributed by atoms with Gasteiger partial charge in [0.2, 0.25) is 0 Å². The van der Waals surface area contributed by atoms with Gasteiger partial charge in [-0.15, -0.1) is 0 Å². The molecule has 3 aromatic rings. The zero-order valence-corrected chi connectivity index (χ0v) is 22.4. The second kappa shape index (κ2) is 12.0. The third-order valence-corrected chi connectivity index (χ3v) is 6.40. The zero-order valence-electron chi connectivity index (χ0n) is 21.7. The van der Waals surface area contributed by atoms with Gasteiger partial charge >= 0.3 is 0 Å². The van der Waals surface area contributed by atoms with E-state index >= 15 is 0 Å². The van der Waals surface area contributed by atoms with Crippen LogP contribution in [-0.4, -0.2) is 37.3 Å².